The molecule has 1 aromatic carbocycles. The fourth-order valence-corrected chi connectivity index (χ4v) is 3.47. The molecule has 0 radical (unpaired) electrons. The van der Waals surface area contributed by atoms with Crippen LogP contribution in [0.15, 0.2) is 29.2 Å². The standard InChI is InChI=1S/C16H20N2O2S/c17-10-5-11-21-14-7-2-1-6-13(14)18-15(19)12-16(20)8-3-4-9-16/h1-2,6-7,20H,3-5,8-9,11-12H2,(H,18,19). The number of nitriles is 1. The number of nitrogens with one attached hydrogen (secondary N) is 1. The zero-order valence-electron chi connectivity index (χ0n) is 12.0. The van der Waals surface area contributed by atoms with E-state index >= 15 is 0 Å². The lowest BCUT2D eigenvalue weighted by Crippen LogP contribution is -2.30. The van der Waals surface area contributed by atoms with Crippen molar-refractivity contribution in [1.29, 1.82) is 5.26 Å². The van der Waals surface area contributed by atoms with Crippen molar-refractivity contribution in [1.82, 2.24) is 0 Å². The summed E-state index contributed by atoms with van der Waals surface area (Å²) in [4.78, 5) is 13.1. The minimum absolute atomic E-state index is 0.146. The Kier molecular flexibility index (Phi) is 5.66. The van der Waals surface area contributed by atoms with Gasteiger partial charge in [-0.15, -0.1) is 11.8 Å². The Bertz CT molecular complexity index is 533. The lowest BCUT2D eigenvalue weighted by molar-refractivity contribution is -0.120. The van der Waals surface area contributed by atoms with Crippen molar-refractivity contribution in [2.75, 3.05) is 11.1 Å². The lowest BCUT2D eigenvalue weighted by Gasteiger charge is -2.21. The molecule has 1 aliphatic carbocycles. The van der Waals surface area contributed by atoms with Gasteiger partial charge in [-0.2, -0.15) is 5.26 Å². The third-order valence-corrected chi connectivity index (χ3v) is 4.73. The van der Waals surface area contributed by atoms with E-state index in [-0.39, 0.29) is 12.3 Å². The minimum Gasteiger partial charge on any atom is -0.389 e. The summed E-state index contributed by atoms with van der Waals surface area (Å²) < 4.78 is 0. The van der Waals surface area contributed by atoms with Gasteiger partial charge in [-0.05, 0) is 25.0 Å². The van der Waals surface area contributed by atoms with E-state index < -0.39 is 5.60 Å². The van der Waals surface area contributed by atoms with Crippen molar-refractivity contribution in [3.8, 4) is 6.07 Å². The van der Waals surface area contributed by atoms with Crippen LogP contribution < -0.4 is 5.32 Å². The number of thioether (sulfide) groups is 1. The lowest BCUT2D eigenvalue weighted by atomic mass is 9.97. The molecule has 0 aliphatic heterocycles. The first kappa shape index (κ1) is 15.9. The highest BCUT2D eigenvalue weighted by atomic mass is 32.2. The van der Waals surface area contributed by atoms with Crippen LogP contribution in [-0.2, 0) is 4.79 Å². The second-order valence-corrected chi connectivity index (χ2v) is 6.55. The predicted molar refractivity (Wildman–Crippen MR) is 84.1 cm³/mol. The molecule has 0 saturated heterocycles. The topological polar surface area (TPSA) is 73.1 Å². The first-order valence-corrected chi connectivity index (χ1v) is 8.22. The van der Waals surface area contributed by atoms with Crippen molar-refractivity contribution >= 4 is 23.4 Å². The van der Waals surface area contributed by atoms with Gasteiger partial charge in [-0.25, -0.2) is 0 Å². The van der Waals surface area contributed by atoms with Gasteiger partial charge in [0.1, 0.15) is 0 Å². The third kappa shape index (κ3) is 4.76. The summed E-state index contributed by atoms with van der Waals surface area (Å²) in [7, 11) is 0. The van der Waals surface area contributed by atoms with Crippen LogP contribution >= 0.6 is 11.8 Å². The van der Waals surface area contributed by atoms with Gasteiger partial charge in [0.25, 0.3) is 0 Å². The molecule has 1 aliphatic rings. The maximum Gasteiger partial charge on any atom is 0.227 e. The first-order valence-electron chi connectivity index (χ1n) is 7.24. The maximum atomic E-state index is 12.1. The summed E-state index contributed by atoms with van der Waals surface area (Å²) in [5, 5.41) is 21.8. The monoisotopic (exact) mass is 304 g/mol. The minimum atomic E-state index is -0.826. The number of anilines is 1. The largest absolute Gasteiger partial charge is 0.389 e. The van der Waals surface area contributed by atoms with Crippen LogP contribution in [0, 0.1) is 11.3 Å². The number of benzene rings is 1. The molecular formula is C16H20N2O2S. The van der Waals surface area contributed by atoms with E-state index in [2.05, 4.69) is 11.4 Å². The van der Waals surface area contributed by atoms with Crippen LogP contribution in [0.3, 0.4) is 0 Å². The number of amides is 1. The molecule has 2 rings (SSSR count). The molecule has 1 fully saturated rings. The van der Waals surface area contributed by atoms with E-state index in [1.54, 1.807) is 11.8 Å². The van der Waals surface area contributed by atoms with Gasteiger partial charge in [0.15, 0.2) is 0 Å². The highest BCUT2D eigenvalue weighted by Gasteiger charge is 2.33. The molecule has 5 heteroatoms. The van der Waals surface area contributed by atoms with Crippen molar-refractivity contribution in [2.24, 2.45) is 0 Å². The number of carbonyl (C=O) groups is 1. The molecule has 1 saturated carbocycles. The van der Waals surface area contributed by atoms with Gasteiger partial charge >= 0.3 is 0 Å². The van der Waals surface area contributed by atoms with Crippen LogP contribution in [0.4, 0.5) is 5.69 Å². The number of hydrogen-bond donors (Lipinski definition) is 2. The summed E-state index contributed by atoms with van der Waals surface area (Å²) in [6.07, 6.45) is 4.03. The second-order valence-electron chi connectivity index (χ2n) is 5.41. The number of rotatable bonds is 6. The summed E-state index contributed by atoms with van der Waals surface area (Å²) >= 11 is 1.56. The zero-order chi connectivity index (χ0) is 15.1. The molecule has 1 amide bonds. The molecule has 4 nitrogen and oxygen atoms in total. The third-order valence-electron chi connectivity index (χ3n) is 3.66. The Hall–Kier alpha value is -1.51. The van der Waals surface area contributed by atoms with E-state index in [1.807, 2.05) is 24.3 Å². The Morgan fingerprint density at radius 3 is 2.81 bits per heavy atom. The molecule has 0 unspecified atom stereocenters. The Labute approximate surface area is 129 Å². The summed E-state index contributed by atoms with van der Waals surface area (Å²) in [5.74, 6) is 0.556. The van der Waals surface area contributed by atoms with Crippen LogP contribution in [0.25, 0.3) is 0 Å². The van der Waals surface area contributed by atoms with E-state index in [4.69, 9.17) is 5.26 Å². The van der Waals surface area contributed by atoms with Crippen molar-refractivity contribution in [3.63, 3.8) is 0 Å². The highest BCUT2D eigenvalue weighted by molar-refractivity contribution is 7.99. The molecule has 0 heterocycles. The Balaban J connectivity index is 1.95. The molecule has 0 spiro atoms. The zero-order valence-corrected chi connectivity index (χ0v) is 12.8. The van der Waals surface area contributed by atoms with Gasteiger partial charge in [0.05, 0.1) is 23.8 Å². The van der Waals surface area contributed by atoms with Crippen LogP contribution in [-0.4, -0.2) is 22.4 Å². The van der Waals surface area contributed by atoms with Crippen LogP contribution in [0.1, 0.15) is 38.5 Å². The van der Waals surface area contributed by atoms with E-state index in [9.17, 15) is 9.90 Å². The van der Waals surface area contributed by atoms with Gasteiger partial charge < -0.3 is 10.4 Å². The molecule has 112 valence electrons. The van der Waals surface area contributed by atoms with Crippen LogP contribution in [0.2, 0.25) is 0 Å². The molecule has 0 bridgehead atoms. The quantitative estimate of drug-likeness (QED) is 0.624. The average molecular weight is 304 g/mol. The van der Waals surface area contributed by atoms with E-state index in [0.29, 0.717) is 25.0 Å². The van der Waals surface area contributed by atoms with Crippen molar-refractivity contribution in [2.45, 2.75) is 49.0 Å². The number of nitrogens with zero attached hydrogens (tertiary/aromatic N) is 1. The second kappa shape index (κ2) is 7.48. The highest BCUT2D eigenvalue weighted by Crippen LogP contribution is 2.33. The van der Waals surface area contributed by atoms with Gasteiger partial charge in [-0.3, -0.25) is 4.79 Å². The normalized spacial score (nSPS) is 16.4. The summed E-state index contributed by atoms with van der Waals surface area (Å²) in [5.41, 5.74) is -0.0699. The summed E-state index contributed by atoms with van der Waals surface area (Å²) in [6.45, 7) is 0. The van der Waals surface area contributed by atoms with Crippen molar-refractivity contribution in [3.05, 3.63) is 24.3 Å². The molecular weight excluding hydrogens is 284 g/mol. The SMILES string of the molecule is N#CCCSc1ccccc1NC(=O)CC1(O)CCCC1. The maximum absolute atomic E-state index is 12.1. The van der Waals surface area contributed by atoms with E-state index in [1.165, 1.54) is 0 Å². The number of hydrogen-bond acceptors (Lipinski definition) is 4. The molecule has 1 aromatic rings. The molecule has 21 heavy (non-hydrogen) atoms. The smallest absolute Gasteiger partial charge is 0.227 e. The van der Waals surface area contributed by atoms with Crippen molar-refractivity contribution < 1.29 is 9.90 Å². The average Bonchev–Trinajstić information content (AvgIpc) is 2.87. The molecule has 2 N–H and O–H groups in total. The predicted octanol–water partition coefficient (Wildman–Crippen LogP) is 3.33. The number of aliphatic hydroxyl groups is 1. The summed E-state index contributed by atoms with van der Waals surface area (Å²) in [6, 6.07) is 9.68. The number of para-hydroxylation sites is 1. The molecule has 0 aromatic heterocycles. The fourth-order valence-electron chi connectivity index (χ4n) is 2.61. The van der Waals surface area contributed by atoms with E-state index in [0.717, 1.165) is 23.4 Å². The fraction of sp³-hybridized carbons (Fsp3) is 0.500. The Morgan fingerprint density at radius 1 is 1.38 bits per heavy atom. The van der Waals surface area contributed by atoms with Gasteiger partial charge in [0, 0.05) is 17.1 Å². The number of carbonyl (C=O) groups excluding carboxylic acids is 1. The molecule has 0 atom stereocenters. The van der Waals surface area contributed by atoms with Gasteiger partial charge in [0.2, 0.25) is 5.91 Å². The Morgan fingerprint density at radius 2 is 2.10 bits per heavy atom. The first-order chi connectivity index (χ1) is 10.1. The van der Waals surface area contributed by atoms with Crippen LogP contribution in [0.5, 0.6) is 0 Å². The van der Waals surface area contributed by atoms with Gasteiger partial charge in [-0.1, -0.05) is 25.0 Å².